The van der Waals surface area contributed by atoms with Crippen molar-refractivity contribution in [3.05, 3.63) is 108 Å². The molecular weight excluding hydrogens is 590 g/mol. The number of rotatable bonds is 10. The van der Waals surface area contributed by atoms with Gasteiger partial charge in [-0.1, -0.05) is 99.6 Å². The number of likely N-dealkylation sites (N-methyl/N-ethyl adjacent to an activating group) is 1. The molecule has 5 rings (SSSR count). The van der Waals surface area contributed by atoms with E-state index in [-0.39, 0.29) is 24.4 Å². The zero-order valence-electron chi connectivity index (χ0n) is 27.8. The first-order valence-electron chi connectivity index (χ1n) is 16.2. The van der Waals surface area contributed by atoms with Crippen LogP contribution < -0.4 is 16.0 Å². The predicted octanol–water partition coefficient (Wildman–Crippen LogP) is 3.83. The molecule has 1 heterocycles. The van der Waals surface area contributed by atoms with Crippen LogP contribution in [0, 0.1) is 5.41 Å². The van der Waals surface area contributed by atoms with Crippen LogP contribution in [-0.4, -0.2) is 71.2 Å². The molecule has 1 aliphatic carbocycles. The van der Waals surface area contributed by atoms with E-state index in [1.165, 1.54) is 16.0 Å². The van der Waals surface area contributed by atoms with Gasteiger partial charge in [-0.2, -0.15) is 0 Å². The smallest absolute Gasteiger partial charge is 0.250 e. The number of nitrogens with zero attached hydrogens (tertiary/aromatic N) is 2. The van der Waals surface area contributed by atoms with Crippen LogP contribution in [0.3, 0.4) is 0 Å². The van der Waals surface area contributed by atoms with Crippen molar-refractivity contribution in [2.45, 2.75) is 71.1 Å². The minimum Gasteiger partial charge on any atom is -0.345 e. The topological polar surface area (TPSA) is 111 Å². The van der Waals surface area contributed by atoms with E-state index >= 15 is 0 Å². The van der Waals surface area contributed by atoms with Gasteiger partial charge in [0.25, 0.3) is 0 Å². The minimum absolute atomic E-state index is 0.0350. The van der Waals surface area contributed by atoms with Crippen LogP contribution in [0.1, 0.15) is 44.4 Å². The van der Waals surface area contributed by atoms with Crippen molar-refractivity contribution < 1.29 is 19.2 Å². The Hall–Kier alpha value is -4.76. The van der Waals surface area contributed by atoms with Gasteiger partial charge in [0.2, 0.25) is 23.6 Å². The molecule has 0 fully saturated rings. The van der Waals surface area contributed by atoms with Crippen LogP contribution in [0.5, 0.6) is 0 Å². The maximum absolute atomic E-state index is 14.2. The molecule has 0 bridgehead atoms. The Bertz CT molecular complexity index is 1600. The van der Waals surface area contributed by atoms with E-state index in [0.29, 0.717) is 6.42 Å². The predicted molar refractivity (Wildman–Crippen MR) is 183 cm³/mol. The fourth-order valence-electron chi connectivity index (χ4n) is 6.21. The summed E-state index contributed by atoms with van der Waals surface area (Å²) in [6.45, 7) is 6.94. The highest BCUT2D eigenvalue weighted by Gasteiger charge is 2.40. The van der Waals surface area contributed by atoms with Crippen LogP contribution in [0.2, 0.25) is 0 Å². The number of hydrogen-bond donors (Lipinski definition) is 3. The second kappa shape index (κ2) is 14.3. The van der Waals surface area contributed by atoms with Crippen LogP contribution in [0.4, 0.5) is 0 Å². The fraction of sp³-hybridized carbons (Fsp3) is 0.368. The van der Waals surface area contributed by atoms with E-state index in [1.54, 1.807) is 31.3 Å². The summed E-state index contributed by atoms with van der Waals surface area (Å²) < 4.78 is 0. The molecule has 0 unspecified atom stereocenters. The number of amides is 4. The Morgan fingerprint density at radius 3 is 2.02 bits per heavy atom. The van der Waals surface area contributed by atoms with Gasteiger partial charge in [-0.3, -0.25) is 19.2 Å². The summed E-state index contributed by atoms with van der Waals surface area (Å²) in [5.74, 6) is -1.34. The lowest BCUT2D eigenvalue weighted by Crippen LogP contribution is -2.59. The van der Waals surface area contributed by atoms with Crippen molar-refractivity contribution in [1.29, 1.82) is 0 Å². The molecule has 2 aliphatic rings. The third-order valence-electron chi connectivity index (χ3n) is 9.12. The third-order valence-corrected chi connectivity index (χ3v) is 9.12. The van der Waals surface area contributed by atoms with Gasteiger partial charge < -0.3 is 25.8 Å². The van der Waals surface area contributed by atoms with Gasteiger partial charge in [0.15, 0.2) is 0 Å². The molecule has 1 aliphatic heterocycles. The van der Waals surface area contributed by atoms with E-state index < -0.39 is 35.4 Å². The van der Waals surface area contributed by atoms with E-state index in [4.69, 9.17) is 0 Å². The zero-order valence-corrected chi connectivity index (χ0v) is 27.8. The quantitative estimate of drug-likeness (QED) is 0.314. The lowest BCUT2D eigenvalue weighted by atomic mass is 9.86. The molecule has 47 heavy (non-hydrogen) atoms. The van der Waals surface area contributed by atoms with Gasteiger partial charge in [0, 0.05) is 24.9 Å². The molecule has 4 amide bonds. The first kappa shape index (κ1) is 33.6. The molecule has 246 valence electrons. The molecule has 3 N–H and O–H groups in total. The second-order valence-electron chi connectivity index (χ2n) is 13.5. The van der Waals surface area contributed by atoms with Crippen LogP contribution in [0.25, 0.3) is 11.1 Å². The Morgan fingerprint density at radius 2 is 1.43 bits per heavy atom. The highest BCUT2D eigenvalue weighted by Crippen LogP contribution is 2.29. The van der Waals surface area contributed by atoms with Gasteiger partial charge >= 0.3 is 0 Å². The summed E-state index contributed by atoms with van der Waals surface area (Å²) in [5, 5.41) is 8.41. The molecule has 9 heteroatoms. The average molecular weight is 636 g/mol. The van der Waals surface area contributed by atoms with Crippen LogP contribution in [0.15, 0.2) is 91.3 Å². The van der Waals surface area contributed by atoms with E-state index in [0.717, 1.165) is 29.5 Å². The molecule has 0 spiro atoms. The molecule has 3 aromatic rings. The molecule has 0 aromatic heterocycles. The molecule has 0 saturated carbocycles. The summed E-state index contributed by atoms with van der Waals surface area (Å²) in [7, 11) is 1.67. The second-order valence-corrected chi connectivity index (χ2v) is 13.5. The maximum Gasteiger partial charge on any atom is 0.250 e. The summed E-state index contributed by atoms with van der Waals surface area (Å²) >= 11 is 0. The van der Waals surface area contributed by atoms with Gasteiger partial charge in [0.1, 0.15) is 12.1 Å². The average Bonchev–Trinajstić information content (AvgIpc) is 3.50. The summed E-state index contributed by atoms with van der Waals surface area (Å²) in [6, 6.07) is 24.2. The summed E-state index contributed by atoms with van der Waals surface area (Å²) in [5.41, 5.74) is 4.94. The van der Waals surface area contributed by atoms with Crippen molar-refractivity contribution >= 4 is 23.6 Å². The highest BCUT2D eigenvalue weighted by molar-refractivity contribution is 5.95. The lowest BCUT2D eigenvalue weighted by molar-refractivity contribution is -0.144. The first-order chi connectivity index (χ1) is 22.5. The zero-order chi connectivity index (χ0) is 33.7. The number of nitrogens with one attached hydrogen (secondary N) is 3. The van der Waals surface area contributed by atoms with Gasteiger partial charge in [0.05, 0.1) is 12.6 Å². The Balaban J connectivity index is 1.34. The molecule has 3 aromatic carbocycles. The third kappa shape index (κ3) is 7.80. The number of carbonyl (C=O) groups is 4. The monoisotopic (exact) mass is 635 g/mol. The van der Waals surface area contributed by atoms with Crippen molar-refractivity contribution in [3.63, 3.8) is 0 Å². The largest absolute Gasteiger partial charge is 0.345 e. The Kier molecular flexibility index (Phi) is 10.3. The van der Waals surface area contributed by atoms with Crippen molar-refractivity contribution in [2.75, 3.05) is 13.6 Å². The van der Waals surface area contributed by atoms with E-state index in [1.807, 2.05) is 87.5 Å². The number of benzene rings is 3. The molecule has 9 nitrogen and oxygen atoms in total. The highest BCUT2D eigenvalue weighted by atomic mass is 16.2. The fourth-order valence-corrected chi connectivity index (χ4v) is 6.21. The molecular formula is C38H45N5O4. The first-order valence-corrected chi connectivity index (χ1v) is 16.2. The van der Waals surface area contributed by atoms with E-state index in [9.17, 15) is 19.2 Å². The van der Waals surface area contributed by atoms with Crippen molar-refractivity contribution in [1.82, 2.24) is 25.8 Å². The van der Waals surface area contributed by atoms with Crippen LogP contribution in [-0.2, 0) is 38.4 Å². The maximum atomic E-state index is 14.2. The standard InChI is InChI=1S/C38H45N5O4/c1-25(39-5)35(45)41-34(38(2,3)4)36(46)40-24-33(44)43-20-19-42(31-22-29-13-9-10-14-30(29)23-31)37(47)32(43)21-26-15-17-28(18-16-26)27-11-7-6-8-12-27/h6-20,25,31-32,34,39H,21-24H2,1-5H3,(H,40,46)(H,41,45)/t25-,32-,34+/m0/s1. The van der Waals surface area contributed by atoms with Gasteiger partial charge in [-0.15, -0.1) is 0 Å². The lowest BCUT2D eigenvalue weighted by Gasteiger charge is -2.38. The number of hydrogen-bond acceptors (Lipinski definition) is 5. The van der Waals surface area contributed by atoms with Gasteiger partial charge in [-0.05, 0) is 60.0 Å². The number of carbonyl (C=O) groups excluding carboxylic acids is 4. The summed E-state index contributed by atoms with van der Waals surface area (Å²) in [6.07, 6.45) is 5.18. The minimum atomic E-state index is -0.865. The van der Waals surface area contributed by atoms with Crippen LogP contribution >= 0.6 is 0 Å². The summed E-state index contributed by atoms with van der Waals surface area (Å²) in [4.78, 5) is 57.1. The van der Waals surface area contributed by atoms with Crippen molar-refractivity contribution in [2.24, 2.45) is 5.41 Å². The molecule has 3 atom stereocenters. The Morgan fingerprint density at radius 1 is 0.830 bits per heavy atom. The normalized spacial score (nSPS) is 17.6. The SMILES string of the molecule is CN[C@@H](C)C(=O)N[C@H](C(=O)NCC(=O)N1C=CN(C2Cc3ccccc3C2)C(=O)[C@@H]1Cc1ccc(-c2ccccc2)cc1)C(C)(C)C. The van der Waals surface area contributed by atoms with E-state index in [2.05, 4.69) is 28.1 Å². The van der Waals surface area contributed by atoms with Gasteiger partial charge in [-0.25, -0.2) is 0 Å². The molecule has 0 radical (unpaired) electrons. The van der Waals surface area contributed by atoms with Crippen molar-refractivity contribution in [3.8, 4) is 11.1 Å². The number of fused-ring (bicyclic) bond motifs is 1. The Labute approximate surface area is 277 Å². The molecule has 0 saturated heterocycles.